The van der Waals surface area contributed by atoms with Gasteiger partial charge in [-0.15, -0.1) is 11.8 Å². The molecule has 0 saturated heterocycles. The quantitative estimate of drug-likeness (QED) is 0.728. The number of thioether (sulfide) groups is 1. The van der Waals surface area contributed by atoms with Crippen molar-refractivity contribution in [2.24, 2.45) is 0 Å². The molecular weight excluding hydrogens is 258 g/mol. The molecule has 0 aliphatic rings. The average Bonchev–Trinajstić information content (AvgIpc) is 2.82. The number of nitriles is 1. The van der Waals surface area contributed by atoms with E-state index in [9.17, 15) is 5.26 Å². The first-order valence-electron chi connectivity index (χ1n) is 5.93. The highest BCUT2D eigenvalue weighted by atomic mass is 32.2. The fourth-order valence-corrected chi connectivity index (χ4v) is 2.51. The number of rotatable bonds is 5. The Balaban J connectivity index is 2.18. The van der Waals surface area contributed by atoms with Gasteiger partial charge in [-0.3, -0.25) is 5.10 Å². The highest BCUT2D eigenvalue weighted by Crippen LogP contribution is 2.28. The fourth-order valence-electron chi connectivity index (χ4n) is 1.72. The van der Waals surface area contributed by atoms with Gasteiger partial charge in [-0.2, -0.15) is 10.4 Å². The molecule has 0 spiro atoms. The van der Waals surface area contributed by atoms with Gasteiger partial charge in [-0.05, 0) is 17.9 Å². The number of hydrogen-bond acceptors (Lipinski definition) is 5. The summed E-state index contributed by atoms with van der Waals surface area (Å²) in [6.07, 6.45) is 1.68. The van der Waals surface area contributed by atoms with Crippen molar-refractivity contribution in [1.82, 2.24) is 10.2 Å². The fraction of sp³-hybridized carbons (Fsp3) is 0.231. The van der Waals surface area contributed by atoms with Crippen LogP contribution in [0.4, 0.5) is 11.5 Å². The lowest BCUT2D eigenvalue weighted by atomic mass is 10.2. The van der Waals surface area contributed by atoms with Gasteiger partial charge in [0.05, 0.1) is 17.4 Å². The molecule has 1 heterocycles. The minimum Gasteiger partial charge on any atom is -0.384 e. The third kappa shape index (κ3) is 3.01. The van der Waals surface area contributed by atoms with Crippen molar-refractivity contribution < 1.29 is 0 Å². The van der Waals surface area contributed by atoms with Crippen molar-refractivity contribution in [2.75, 3.05) is 16.8 Å². The largest absolute Gasteiger partial charge is 0.384 e. The van der Waals surface area contributed by atoms with Gasteiger partial charge in [0, 0.05) is 17.0 Å². The normalized spacial score (nSPS) is 10.1. The van der Waals surface area contributed by atoms with Gasteiger partial charge in [0.15, 0.2) is 0 Å². The number of hydrogen-bond donors (Lipinski definition) is 3. The molecule has 0 amide bonds. The van der Waals surface area contributed by atoms with Gasteiger partial charge in [-0.25, -0.2) is 0 Å². The predicted molar refractivity (Wildman–Crippen MR) is 77.9 cm³/mol. The molecule has 0 radical (unpaired) electrons. The van der Waals surface area contributed by atoms with Crippen molar-refractivity contribution in [2.45, 2.75) is 18.4 Å². The maximum absolute atomic E-state index is 9.29. The predicted octanol–water partition coefficient (Wildman–Crippen LogP) is 2.59. The van der Waals surface area contributed by atoms with Crippen molar-refractivity contribution in [3.63, 3.8) is 0 Å². The van der Waals surface area contributed by atoms with Crippen LogP contribution in [0.1, 0.15) is 18.1 Å². The zero-order chi connectivity index (χ0) is 13.7. The molecule has 0 aliphatic heterocycles. The van der Waals surface area contributed by atoms with Crippen LogP contribution >= 0.6 is 11.8 Å². The molecule has 0 aliphatic carbocycles. The number of nitrogens with zero attached hydrogens (tertiary/aromatic N) is 2. The third-order valence-electron chi connectivity index (χ3n) is 2.66. The summed E-state index contributed by atoms with van der Waals surface area (Å²) in [7, 11) is 0. The Kier molecular flexibility index (Phi) is 4.31. The molecule has 0 fully saturated rings. The third-order valence-corrected chi connectivity index (χ3v) is 3.60. The number of nitrogens with one attached hydrogen (secondary N) is 2. The summed E-state index contributed by atoms with van der Waals surface area (Å²) in [5.41, 5.74) is 8.11. The van der Waals surface area contributed by atoms with Gasteiger partial charge >= 0.3 is 0 Å². The number of H-pyrrole nitrogens is 1. The Morgan fingerprint density at radius 3 is 3.00 bits per heavy atom. The first kappa shape index (κ1) is 13.3. The highest BCUT2D eigenvalue weighted by Gasteiger charge is 2.08. The summed E-state index contributed by atoms with van der Waals surface area (Å²) in [5.74, 6) is 1.48. The van der Waals surface area contributed by atoms with Crippen LogP contribution < -0.4 is 11.1 Å². The topological polar surface area (TPSA) is 90.5 Å². The van der Waals surface area contributed by atoms with Gasteiger partial charge in [-0.1, -0.05) is 13.0 Å². The molecule has 98 valence electrons. The monoisotopic (exact) mass is 273 g/mol. The molecule has 0 unspecified atom stereocenters. The van der Waals surface area contributed by atoms with E-state index in [1.165, 1.54) is 0 Å². The average molecular weight is 273 g/mol. The molecule has 19 heavy (non-hydrogen) atoms. The Bertz CT molecular complexity index is 599. The van der Waals surface area contributed by atoms with Crippen LogP contribution in [0.2, 0.25) is 0 Å². The lowest BCUT2D eigenvalue weighted by Crippen LogP contribution is -2.03. The smallest absolute Gasteiger partial charge is 0.123 e. The lowest BCUT2D eigenvalue weighted by molar-refractivity contribution is 1.10. The van der Waals surface area contributed by atoms with E-state index in [2.05, 4.69) is 28.5 Å². The maximum atomic E-state index is 9.29. The molecular formula is C13H15N5S. The van der Waals surface area contributed by atoms with E-state index in [-0.39, 0.29) is 0 Å². The first-order valence-corrected chi connectivity index (χ1v) is 6.92. The van der Waals surface area contributed by atoms with Crippen LogP contribution in [0.15, 0.2) is 29.3 Å². The Morgan fingerprint density at radius 2 is 2.37 bits per heavy atom. The number of nitrogens with two attached hydrogens (primary N) is 1. The minimum atomic E-state index is 0.539. The van der Waals surface area contributed by atoms with Crippen LogP contribution in [0.25, 0.3) is 0 Å². The van der Waals surface area contributed by atoms with E-state index in [4.69, 9.17) is 5.73 Å². The van der Waals surface area contributed by atoms with E-state index >= 15 is 0 Å². The number of nitrogen functional groups attached to an aromatic ring is 1. The zero-order valence-corrected chi connectivity index (χ0v) is 11.4. The summed E-state index contributed by atoms with van der Waals surface area (Å²) in [6, 6.07) is 8.06. The first-order chi connectivity index (χ1) is 9.26. The molecule has 4 N–H and O–H groups in total. The van der Waals surface area contributed by atoms with Crippen molar-refractivity contribution in [3.8, 4) is 6.07 Å². The maximum Gasteiger partial charge on any atom is 0.123 e. The lowest BCUT2D eigenvalue weighted by Gasteiger charge is -2.10. The summed E-state index contributed by atoms with van der Waals surface area (Å²) >= 11 is 1.66. The van der Waals surface area contributed by atoms with Crippen LogP contribution in [-0.4, -0.2) is 16.0 Å². The molecule has 2 rings (SSSR count). The van der Waals surface area contributed by atoms with Crippen LogP contribution in [-0.2, 0) is 6.54 Å². The second kappa shape index (κ2) is 6.16. The Hall–Kier alpha value is -2.13. The second-order valence-electron chi connectivity index (χ2n) is 3.89. The van der Waals surface area contributed by atoms with E-state index in [0.29, 0.717) is 17.9 Å². The number of benzene rings is 1. The molecule has 6 heteroatoms. The minimum absolute atomic E-state index is 0.539. The van der Waals surface area contributed by atoms with Gasteiger partial charge in [0.2, 0.25) is 0 Å². The molecule has 0 atom stereocenters. The molecule has 0 saturated carbocycles. The summed E-state index contributed by atoms with van der Waals surface area (Å²) in [5, 5.41) is 19.1. The number of aromatic nitrogens is 2. The summed E-state index contributed by atoms with van der Waals surface area (Å²) in [4.78, 5) is 0.996. The van der Waals surface area contributed by atoms with Crippen molar-refractivity contribution in [3.05, 3.63) is 35.5 Å². The second-order valence-corrected chi connectivity index (χ2v) is 5.19. The van der Waals surface area contributed by atoms with Crippen molar-refractivity contribution in [1.29, 1.82) is 5.26 Å². The van der Waals surface area contributed by atoms with Gasteiger partial charge in [0.1, 0.15) is 11.9 Å². The SMILES string of the molecule is CCSc1cccc(NCc2cn[nH]c2N)c1C#N. The standard InChI is InChI=1S/C13H15N5S/c1-2-19-12-5-3-4-11(10(12)6-14)16-7-9-8-17-18-13(9)15/h3-5,8,16H,2,7H2,1H3,(H3,15,17,18). The van der Waals surface area contributed by atoms with Crippen LogP contribution in [0.5, 0.6) is 0 Å². The van der Waals surface area contributed by atoms with E-state index in [0.717, 1.165) is 21.9 Å². The van der Waals surface area contributed by atoms with E-state index in [1.807, 2.05) is 18.2 Å². The van der Waals surface area contributed by atoms with Crippen LogP contribution in [0.3, 0.4) is 0 Å². The van der Waals surface area contributed by atoms with Crippen LogP contribution in [0, 0.1) is 11.3 Å². The zero-order valence-electron chi connectivity index (χ0n) is 10.6. The van der Waals surface area contributed by atoms with E-state index in [1.54, 1.807) is 18.0 Å². The molecule has 2 aromatic rings. The molecule has 0 bridgehead atoms. The van der Waals surface area contributed by atoms with E-state index < -0.39 is 0 Å². The highest BCUT2D eigenvalue weighted by molar-refractivity contribution is 7.99. The number of aromatic amines is 1. The molecule has 1 aromatic carbocycles. The summed E-state index contributed by atoms with van der Waals surface area (Å²) in [6.45, 7) is 2.61. The van der Waals surface area contributed by atoms with Gasteiger partial charge in [0.25, 0.3) is 0 Å². The van der Waals surface area contributed by atoms with Gasteiger partial charge < -0.3 is 11.1 Å². The Labute approximate surface area is 116 Å². The van der Waals surface area contributed by atoms with Crippen molar-refractivity contribution >= 4 is 23.3 Å². The number of anilines is 2. The molecule has 1 aromatic heterocycles. The molecule has 5 nitrogen and oxygen atoms in total. The Morgan fingerprint density at radius 1 is 1.53 bits per heavy atom. The summed E-state index contributed by atoms with van der Waals surface area (Å²) < 4.78 is 0.